The van der Waals surface area contributed by atoms with E-state index >= 15 is 0 Å². The summed E-state index contributed by atoms with van der Waals surface area (Å²) >= 11 is 0. The summed E-state index contributed by atoms with van der Waals surface area (Å²) in [6, 6.07) is 0.927. The van der Waals surface area contributed by atoms with Crippen molar-refractivity contribution in [1.29, 1.82) is 0 Å². The van der Waals surface area contributed by atoms with Gasteiger partial charge < -0.3 is 5.32 Å². The molecule has 0 amide bonds. The molecule has 0 aromatic heterocycles. The van der Waals surface area contributed by atoms with E-state index in [1.54, 1.807) is 0 Å². The Labute approximate surface area is 107 Å². The first-order chi connectivity index (χ1) is 8.15. The molecule has 1 saturated carbocycles. The van der Waals surface area contributed by atoms with Gasteiger partial charge in [-0.1, -0.05) is 20.8 Å². The molecular formula is C15H30N2. The van der Waals surface area contributed by atoms with Gasteiger partial charge in [0.25, 0.3) is 0 Å². The third-order valence-electron chi connectivity index (χ3n) is 4.62. The predicted molar refractivity (Wildman–Crippen MR) is 74.3 cm³/mol. The van der Waals surface area contributed by atoms with Crippen molar-refractivity contribution >= 4 is 0 Å². The third-order valence-corrected chi connectivity index (χ3v) is 4.62. The van der Waals surface area contributed by atoms with Crippen LogP contribution in [0, 0.1) is 11.3 Å². The van der Waals surface area contributed by atoms with Crippen LogP contribution in [0.2, 0.25) is 0 Å². The lowest BCUT2D eigenvalue weighted by atomic mass is 9.76. The van der Waals surface area contributed by atoms with E-state index in [1.807, 2.05) is 0 Å². The van der Waals surface area contributed by atoms with Gasteiger partial charge in [0.2, 0.25) is 0 Å². The van der Waals surface area contributed by atoms with Crippen LogP contribution in [-0.2, 0) is 0 Å². The maximum Gasteiger partial charge on any atom is 0.00967 e. The summed E-state index contributed by atoms with van der Waals surface area (Å²) in [6.45, 7) is 12.2. The molecule has 17 heavy (non-hydrogen) atoms. The fourth-order valence-electron chi connectivity index (χ4n) is 3.26. The first kappa shape index (κ1) is 13.4. The van der Waals surface area contributed by atoms with Gasteiger partial charge in [0.15, 0.2) is 0 Å². The minimum absolute atomic E-state index is 0.614. The molecule has 0 aromatic rings. The monoisotopic (exact) mass is 238 g/mol. The molecule has 1 N–H and O–H groups in total. The van der Waals surface area contributed by atoms with E-state index in [-0.39, 0.29) is 0 Å². The van der Waals surface area contributed by atoms with Gasteiger partial charge in [-0.2, -0.15) is 0 Å². The number of nitrogens with one attached hydrogen (secondary N) is 1. The Balaban J connectivity index is 1.94. The lowest BCUT2D eigenvalue weighted by molar-refractivity contribution is 0.0932. The quantitative estimate of drug-likeness (QED) is 0.765. The summed E-state index contributed by atoms with van der Waals surface area (Å²) in [5.41, 5.74) is 0.614. The molecule has 2 rings (SSSR count). The van der Waals surface area contributed by atoms with Gasteiger partial charge in [-0.25, -0.2) is 0 Å². The molecule has 1 aliphatic carbocycles. The highest BCUT2D eigenvalue weighted by Crippen LogP contribution is 2.37. The van der Waals surface area contributed by atoms with Crippen LogP contribution in [0.15, 0.2) is 0 Å². The zero-order valence-electron chi connectivity index (χ0n) is 12.0. The molecule has 1 aliphatic heterocycles. The molecule has 0 bridgehead atoms. The summed E-state index contributed by atoms with van der Waals surface area (Å²) in [4.78, 5) is 2.81. The smallest absolute Gasteiger partial charge is 0.00967 e. The van der Waals surface area contributed by atoms with E-state index < -0.39 is 0 Å². The van der Waals surface area contributed by atoms with E-state index in [1.165, 1.54) is 58.3 Å². The number of rotatable bonds is 6. The molecule has 0 atom stereocenters. The van der Waals surface area contributed by atoms with Crippen LogP contribution in [0.25, 0.3) is 0 Å². The Bertz CT molecular complexity index is 227. The van der Waals surface area contributed by atoms with Gasteiger partial charge in [0.1, 0.15) is 0 Å². The normalized spacial score (nSPS) is 24.5. The number of piperidine rings is 1. The van der Waals surface area contributed by atoms with Gasteiger partial charge in [0, 0.05) is 19.1 Å². The minimum atomic E-state index is 0.614. The first-order valence-corrected chi connectivity index (χ1v) is 7.60. The van der Waals surface area contributed by atoms with Crippen molar-refractivity contribution in [3.05, 3.63) is 0 Å². The summed E-state index contributed by atoms with van der Waals surface area (Å²) in [5.74, 6) is 0.811. The van der Waals surface area contributed by atoms with Gasteiger partial charge in [0.05, 0.1) is 0 Å². The molecule has 0 aromatic carbocycles. The van der Waals surface area contributed by atoms with Crippen molar-refractivity contribution in [3.8, 4) is 0 Å². The SMILES string of the molecule is CCC1(CN(CC(C)C)C2CC2)CCNCC1. The Morgan fingerprint density at radius 1 is 1.24 bits per heavy atom. The van der Waals surface area contributed by atoms with Crippen molar-refractivity contribution < 1.29 is 0 Å². The van der Waals surface area contributed by atoms with Crippen molar-refractivity contribution in [2.45, 2.75) is 58.9 Å². The zero-order valence-corrected chi connectivity index (χ0v) is 12.0. The van der Waals surface area contributed by atoms with Gasteiger partial charge in [-0.15, -0.1) is 0 Å². The van der Waals surface area contributed by atoms with Gasteiger partial charge >= 0.3 is 0 Å². The molecule has 2 heteroatoms. The van der Waals surface area contributed by atoms with Crippen molar-refractivity contribution in [2.24, 2.45) is 11.3 Å². The molecule has 0 radical (unpaired) electrons. The van der Waals surface area contributed by atoms with Crippen LogP contribution in [0.5, 0.6) is 0 Å². The van der Waals surface area contributed by atoms with E-state index in [9.17, 15) is 0 Å². The Morgan fingerprint density at radius 2 is 1.88 bits per heavy atom. The van der Waals surface area contributed by atoms with Gasteiger partial charge in [-0.05, 0) is 56.5 Å². The summed E-state index contributed by atoms with van der Waals surface area (Å²) in [5, 5.41) is 3.51. The average molecular weight is 238 g/mol. The number of hydrogen-bond acceptors (Lipinski definition) is 2. The van der Waals surface area contributed by atoms with Crippen LogP contribution < -0.4 is 5.32 Å². The molecule has 100 valence electrons. The topological polar surface area (TPSA) is 15.3 Å². The Hall–Kier alpha value is -0.0800. The fourth-order valence-corrected chi connectivity index (χ4v) is 3.26. The van der Waals surface area contributed by atoms with Crippen molar-refractivity contribution in [2.75, 3.05) is 26.2 Å². The molecule has 2 fully saturated rings. The number of hydrogen-bond donors (Lipinski definition) is 1. The maximum atomic E-state index is 3.51. The highest BCUT2D eigenvalue weighted by Gasteiger charge is 2.37. The first-order valence-electron chi connectivity index (χ1n) is 7.60. The maximum absolute atomic E-state index is 3.51. The molecule has 0 unspecified atom stereocenters. The molecule has 1 heterocycles. The van der Waals surface area contributed by atoms with Crippen LogP contribution >= 0.6 is 0 Å². The molecule has 2 aliphatic rings. The van der Waals surface area contributed by atoms with E-state index in [0.29, 0.717) is 5.41 Å². The van der Waals surface area contributed by atoms with Crippen molar-refractivity contribution in [3.63, 3.8) is 0 Å². The third kappa shape index (κ3) is 3.69. The van der Waals surface area contributed by atoms with E-state index in [2.05, 4.69) is 31.0 Å². The predicted octanol–water partition coefficient (Wildman–Crippen LogP) is 2.89. The average Bonchev–Trinajstić information content (AvgIpc) is 3.13. The van der Waals surface area contributed by atoms with Gasteiger partial charge in [-0.3, -0.25) is 4.90 Å². The Kier molecular flexibility index (Phi) is 4.48. The van der Waals surface area contributed by atoms with E-state index in [0.717, 1.165) is 12.0 Å². The fraction of sp³-hybridized carbons (Fsp3) is 1.00. The second-order valence-electron chi connectivity index (χ2n) is 6.66. The highest BCUT2D eigenvalue weighted by atomic mass is 15.2. The largest absolute Gasteiger partial charge is 0.317 e. The lowest BCUT2D eigenvalue weighted by Crippen LogP contribution is -2.46. The summed E-state index contributed by atoms with van der Waals surface area (Å²) in [7, 11) is 0. The number of nitrogens with zero attached hydrogens (tertiary/aromatic N) is 1. The van der Waals surface area contributed by atoms with Crippen LogP contribution in [-0.4, -0.2) is 37.1 Å². The van der Waals surface area contributed by atoms with Crippen molar-refractivity contribution in [1.82, 2.24) is 10.2 Å². The Morgan fingerprint density at radius 3 is 2.35 bits per heavy atom. The minimum Gasteiger partial charge on any atom is -0.317 e. The summed E-state index contributed by atoms with van der Waals surface area (Å²) in [6.07, 6.45) is 7.02. The van der Waals surface area contributed by atoms with Crippen LogP contribution in [0.1, 0.15) is 52.9 Å². The molecule has 2 nitrogen and oxygen atoms in total. The second kappa shape index (κ2) is 5.71. The van der Waals surface area contributed by atoms with Crippen LogP contribution in [0.3, 0.4) is 0 Å². The second-order valence-corrected chi connectivity index (χ2v) is 6.66. The molecule has 0 spiro atoms. The molecule has 1 saturated heterocycles. The summed E-state index contributed by atoms with van der Waals surface area (Å²) < 4.78 is 0. The van der Waals surface area contributed by atoms with E-state index in [4.69, 9.17) is 0 Å². The van der Waals surface area contributed by atoms with Crippen LogP contribution in [0.4, 0.5) is 0 Å². The molecular weight excluding hydrogens is 208 g/mol. The standard InChI is InChI=1S/C15H30N2/c1-4-15(7-9-16-10-8-15)12-17(11-13(2)3)14-5-6-14/h13-14,16H,4-12H2,1-3H3. The lowest BCUT2D eigenvalue weighted by Gasteiger charge is -2.41. The highest BCUT2D eigenvalue weighted by molar-refractivity contribution is 4.92. The zero-order chi connectivity index (χ0) is 12.3.